The Hall–Kier alpha value is -2.13. The van der Waals surface area contributed by atoms with Crippen LogP contribution in [0.25, 0.3) is 0 Å². The standard InChI is InChI=1S/C13H12ClN3O3/c14-12-8-10(17(19)20)4-5-11(12)13(18)16(7-1-6-15)9-2-3-9/h4-5,8-9H,1-3,7H2. The van der Waals surface area contributed by atoms with E-state index in [9.17, 15) is 14.9 Å². The van der Waals surface area contributed by atoms with Crippen LogP contribution in [0.2, 0.25) is 5.02 Å². The van der Waals surface area contributed by atoms with Gasteiger partial charge in [-0.1, -0.05) is 11.6 Å². The third-order valence-electron chi connectivity index (χ3n) is 3.11. The second kappa shape index (κ2) is 5.88. The number of nitrogens with zero attached hydrogens (tertiary/aromatic N) is 3. The van der Waals surface area contributed by atoms with Crippen molar-refractivity contribution in [3.8, 4) is 6.07 Å². The van der Waals surface area contributed by atoms with Crippen LogP contribution in [0.15, 0.2) is 18.2 Å². The molecule has 0 saturated heterocycles. The molecule has 0 N–H and O–H groups in total. The fraction of sp³-hybridized carbons (Fsp3) is 0.385. The molecule has 1 aliphatic rings. The molecule has 7 heteroatoms. The molecule has 0 aromatic heterocycles. The number of carbonyl (C=O) groups is 1. The van der Waals surface area contributed by atoms with Gasteiger partial charge in [0.15, 0.2) is 0 Å². The number of hydrogen-bond donors (Lipinski definition) is 0. The van der Waals surface area contributed by atoms with E-state index in [2.05, 4.69) is 0 Å². The summed E-state index contributed by atoms with van der Waals surface area (Å²) in [6.07, 6.45) is 2.09. The van der Waals surface area contributed by atoms with Gasteiger partial charge in [0, 0.05) is 24.7 Å². The van der Waals surface area contributed by atoms with E-state index < -0.39 is 4.92 Å². The number of non-ortho nitro benzene ring substituents is 1. The van der Waals surface area contributed by atoms with Gasteiger partial charge in [-0.3, -0.25) is 14.9 Å². The lowest BCUT2D eigenvalue weighted by atomic mass is 10.1. The summed E-state index contributed by atoms with van der Waals surface area (Å²) in [6, 6.07) is 5.96. The molecule has 6 nitrogen and oxygen atoms in total. The van der Waals surface area contributed by atoms with Crippen LogP contribution in [0.5, 0.6) is 0 Å². The van der Waals surface area contributed by atoms with Gasteiger partial charge in [0.2, 0.25) is 0 Å². The summed E-state index contributed by atoms with van der Waals surface area (Å²) in [5.74, 6) is -0.275. The number of carbonyl (C=O) groups excluding carboxylic acids is 1. The monoisotopic (exact) mass is 293 g/mol. The lowest BCUT2D eigenvalue weighted by Crippen LogP contribution is -2.34. The minimum Gasteiger partial charge on any atom is -0.335 e. The lowest BCUT2D eigenvalue weighted by Gasteiger charge is -2.21. The van der Waals surface area contributed by atoms with Gasteiger partial charge in [-0.05, 0) is 18.9 Å². The fourth-order valence-electron chi connectivity index (χ4n) is 1.95. The van der Waals surface area contributed by atoms with Crippen molar-refractivity contribution in [3.05, 3.63) is 38.9 Å². The van der Waals surface area contributed by atoms with E-state index in [0.717, 1.165) is 12.8 Å². The van der Waals surface area contributed by atoms with Crippen LogP contribution in [0.4, 0.5) is 5.69 Å². The molecular formula is C13H12ClN3O3. The van der Waals surface area contributed by atoms with Gasteiger partial charge in [0.1, 0.15) is 0 Å². The highest BCUT2D eigenvalue weighted by atomic mass is 35.5. The molecule has 20 heavy (non-hydrogen) atoms. The maximum absolute atomic E-state index is 12.4. The number of rotatable bonds is 5. The van der Waals surface area contributed by atoms with Crippen molar-refractivity contribution >= 4 is 23.2 Å². The van der Waals surface area contributed by atoms with Crippen LogP contribution in [0.1, 0.15) is 29.6 Å². The molecule has 1 saturated carbocycles. The van der Waals surface area contributed by atoms with Gasteiger partial charge in [-0.2, -0.15) is 5.26 Å². The number of hydrogen-bond acceptors (Lipinski definition) is 4. The average Bonchev–Trinajstić information content (AvgIpc) is 3.23. The van der Waals surface area contributed by atoms with E-state index in [1.54, 1.807) is 4.90 Å². The third kappa shape index (κ3) is 3.06. The summed E-state index contributed by atoms with van der Waals surface area (Å²) in [4.78, 5) is 24.1. The highest BCUT2D eigenvalue weighted by Crippen LogP contribution is 2.30. The van der Waals surface area contributed by atoms with E-state index in [4.69, 9.17) is 16.9 Å². The number of nitriles is 1. The maximum Gasteiger partial charge on any atom is 0.270 e. The number of nitro benzene ring substituents is 1. The van der Waals surface area contributed by atoms with E-state index >= 15 is 0 Å². The minimum atomic E-state index is -0.561. The van der Waals surface area contributed by atoms with Crippen molar-refractivity contribution in [1.29, 1.82) is 5.26 Å². The summed E-state index contributed by atoms with van der Waals surface area (Å²) < 4.78 is 0. The van der Waals surface area contributed by atoms with E-state index in [1.807, 2.05) is 6.07 Å². The molecule has 1 aromatic rings. The first-order valence-corrected chi connectivity index (χ1v) is 6.54. The van der Waals surface area contributed by atoms with Gasteiger partial charge in [0.05, 0.1) is 28.0 Å². The Labute approximate surface area is 120 Å². The zero-order valence-electron chi connectivity index (χ0n) is 10.6. The lowest BCUT2D eigenvalue weighted by molar-refractivity contribution is -0.384. The molecule has 0 radical (unpaired) electrons. The van der Waals surface area contributed by atoms with E-state index in [0.29, 0.717) is 6.54 Å². The first kappa shape index (κ1) is 14.3. The molecule has 1 amide bonds. The zero-order chi connectivity index (χ0) is 14.7. The Morgan fingerprint density at radius 3 is 2.75 bits per heavy atom. The van der Waals surface area contributed by atoms with Crippen molar-refractivity contribution < 1.29 is 9.72 Å². The van der Waals surface area contributed by atoms with Crippen molar-refractivity contribution in [2.24, 2.45) is 0 Å². The fourth-order valence-corrected chi connectivity index (χ4v) is 2.21. The van der Waals surface area contributed by atoms with E-state index in [-0.39, 0.29) is 34.6 Å². The molecular weight excluding hydrogens is 282 g/mol. The molecule has 2 rings (SSSR count). The Kier molecular flexibility index (Phi) is 4.20. The summed E-state index contributed by atoms with van der Waals surface area (Å²) in [7, 11) is 0. The third-order valence-corrected chi connectivity index (χ3v) is 3.42. The van der Waals surface area contributed by atoms with Gasteiger partial charge in [-0.25, -0.2) is 0 Å². The van der Waals surface area contributed by atoms with Crippen LogP contribution in [0, 0.1) is 21.4 Å². The summed E-state index contributed by atoms with van der Waals surface area (Å²) in [6.45, 7) is 0.354. The van der Waals surface area contributed by atoms with Crippen LogP contribution in [0.3, 0.4) is 0 Å². The summed E-state index contributed by atoms with van der Waals surface area (Å²) in [5, 5.41) is 19.3. The SMILES string of the molecule is N#CCCN(C(=O)c1ccc([N+](=O)[O-])cc1Cl)C1CC1. The van der Waals surface area contributed by atoms with Crippen molar-refractivity contribution in [2.75, 3.05) is 6.54 Å². The molecule has 0 spiro atoms. The van der Waals surface area contributed by atoms with Crippen molar-refractivity contribution in [3.63, 3.8) is 0 Å². The predicted octanol–water partition coefficient (Wildman–Crippen LogP) is 2.77. The Morgan fingerprint density at radius 1 is 1.55 bits per heavy atom. The molecule has 1 fully saturated rings. The zero-order valence-corrected chi connectivity index (χ0v) is 11.3. The molecule has 0 bridgehead atoms. The van der Waals surface area contributed by atoms with Gasteiger partial charge >= 0.3 is 0 Å². The van der Waals surface area contributed by atoms with Crippen LogP contribution >= 0.6 is 11.6 Å². The Morgan fingerprint density at radius 2 is 2.25 bits per heavy atom. The van der Waals surface area contributed by atoms with Crippen molar-refractivity contribution in [2.45, 2.75) is 25.3 Å². The Balaban J connectivity index is 2.23. The first-order valence-electron chi connectivity index (χ1n) is 6.16. The predicted molar refractivity (Wildman–Crippen MR) is 72.4 cm³/mol. The number of amides is 1. The molecule has 1 aromatic carbocycles. The molecule has 104 valence electrons. The topological polar surface area (TPSA) is 87.2 Å². The van der Waals surface area contributed by atoms with Crippen LogP contribution in [-0.4, -0.2) is 28.3 Å². The molecule has 0 unspecified atom stereocenters. The molecule has 0 heterocycles. The van der Waals surface area contributed by atoms with Gasteiger partial charge in [0.25, 0.3) is 11.6 Å². The second-order valence-electron chi connectivity index (χ2n) is 4.56. The number of benzene rings is 1. The van der Waals surface area contributed by atoms with Crippen LogP contribution < -0.4 is 0 Å². The summed E-state index contributed by atoms with van der Waals surface area (Å²) >= 11 is 5.95. The molecule has 1 aliphatic carbocycles. The summed E-state index contributed by atoms with van der Waals surface area (Å²) in [5.41, 5.74) is 0.0867. The minimum absolute atomic E-state index is 0.0619. The largest absolute Gasteiger partial charge is 0.335 e. The second-order valence-corrected chi connectivity index (χ2v) is 4.97. The van der Waals surface area contributed by atoms with Gasteiger partial charge < -0.3 is 4.90 Å². The number of nitro groups is 1. The first-order chi connectivity index (χ1) is 9.54. The smallest absolute Gasteiger partial charge is 0.270 e. The molecule has 0 atom stereocenters. The molecule has 0 aliphatic heterocycles. The number of halogens is 1. The van der Waals surface area contributed by atoms with E-state index in [1.165, 1.54) is 18.2 Å². The average molecular weight is 294 g/mol. The Bertz CT molecular complexity index is 593. The quantitative estimate of drug-likeness (QED) is 0.617. The van der Waals surface area contributed by atoms with Crippen LogP contribution in [-0.2, 0) is 0 Å². The maximum atomic E-state index is 12.4. The highest BCUT2D eigenvalue weighted by Gasteiger charge is 2.33. The van der Waals surface area contributed by atoms with Gasteiger partial charge in [-0.15, -0.1) is 0 Å². The highest BCUT2D eigenvalue weighted by molar-refractivity contribution is 6.34. The van der Waals surface area contributed by atoms with Crippen molar-refractivity contribution in [1.82, 2.24) is 4.90 Å². The normalized spacial score (nSPS) is 13.6.